The number of aryl methyl sites for hydroxylation is 1. The molecule has 0 saturated carbocycles. The molecule has 0 unspecified atom stereocenters. The standard InChI is InChI=1S/C25H23F3N8OS/c1-15-11-16(33-24(37)36-9-2-3-10-36)5-6-18(15)34-20-12-19(17(13-31-20)25(26,27)28)35-23-21(38-14-32-23)22-29-7-4-8-30-22/h4-8,11-14H,2-3,9-10H2,1H3,(H,33,37)(H2,31,34,35). The molecule has 0 spiro atoms. The second-order valence-electron chi connectivity index (χ2n) is 8.62. The molecule has 0 atom stereocenters. The molecule has 2 amide bonds. The number of pyridine rings is 1. The number of rotatable bonds is 6. The Morgan fingerprint density at radius 1 is 1.00 bits per heavy atom. The summed E-state index contributed by atoms with van der Waals surface area (Å²) >= 11 is 1.21. The smallest absolute Gasteiger partial charge is 0.340 e. The van der Waals surface area contributed by atoms with E-state index in [0.717, 1.165) is 37.7 Å². The molecule has 38 heavy (non-hydrogen) atoms. The first-order valence-electron chi connectivity index (χ1n) is 11.8. The highest BCUT2D eigenvalue weighted by atomic mass is 32.1. The largest absolute Gasteiger partial charge is 0.419 e. The highest BCUT2D eigenvalue weighted by Gasteiger charge is 2.35. The predicted molar refractivity (Wildman–Crippen MR) is 140 cm³/mol. The fourth-order valence-corrected chi connectivity index (χ4v) is 4.72. The normalized spacial score (nSPS) is 13.4. The summed E-state index contributed by atoms with van der Waals surface area (Å²) in [6.45, 7) is 3.31. The number of anilines is 5. The van der Waals surface area contributed by atoms with E-state index in [4.69, 9.17) is 0 Å². The average Bonchev–Trinajstić information content (AvgIpc) is 3.58. The molecule has 13 heteroatoms. The predicted octanol–water partition coefficient (Wildman–Crippen LogP) is 6.44. The number of carbonyl (C=O) groups is 1. The molecule has 0 bridgehead atoms. The van der Waals surface area contributed by atoms with E-state index in [-0.39, 0.29) is 23.4 Å². The van der Waals surface area contributed by atoms with E-state index in [1.807, 2.05) is 6.92 Å². The molecule has 9 nitrogen and oxygen atoms in total. The number of hydrogen-bond acceptors (Lipinski definition) is 8. The Balaban J connectivity index is 1.38. The van der Waals surface area contributed by atoms with Crippen molar-refractivity contribution in [1.82, 2.24) is 24.8 Å². The van der Waals surface area contributed by atoms with Crippen LogP contribution >= 0.6 is 11.3 Å². The van der Waals surface area contributed by atoms with Gasteiger partial charge in [0.25, 0.3) is 0 Å². The summed E-state index contributed by atoms with van der Waals surface area (Å²) < 4.78 is 41.4. The van der Waals surface area contributed by atoms with Crippen LogP contribution in [0.25, 0.3) is 10.7 Å². The fourth-order valence-electron chi connectivity index (χ4n) is 4.03. The third-order valence-electron chi connectivity index (χ3n) is 5.93. The summed E-state index contributed by atoms with van der Waals surface area (Å²) in [5, 5.41) is 8.75. The van der Waals surface area contributed by atoms with Gasteiger partial charge in [0, 0.05) is 49.1 Å². The number of hydrogen-bond donors (Lipinski definition) is 3. The number of aromatic nitrogens is 4. The first-order valence-corrected chi connectivity index (χ1v) is 12.6. The number of amides is 2. The Morgan fingerprint density at radius 2 is 1.76 bits per heavy atom. The molecule has 1 fully saturated rings. The van der Waals surface area contributed by atoms with Crippen molar-refractivity contribution in [3.63, 3.8) is 0 Å². The number of halogens is 3. The zero-order valence-electron chi connectivity index (χ0n) is 20.2. The quantitative estimate of drug-likeness (QED) is 0.258. The molecule has 3 N–H and O–H groups in total. The highest BCUT2D eigenvalue weighted by Crippen LogP contribution is 2.39. The van der Waals surface area contributed by atoms with Crippen LogP contribution in [0.1, 0.15) is 24.0 Å². The van der Waals surface area contributed by atoms with E-state index in [2.05, 4.69) is 35.9 Å². The van der Waals surface area contributed by atoms with E-state index in [1.165, 1.54) is 22.9 Å². The Labute approximate surface area is 220 Å². The summed E-state index contributed by atoms with van der Waals surface area (Å²) in [4.78, 5) is 31.2. The second-order valence-corrected chi connectivity index (χ2v) is 9.47. The minimum atomic E-state index is -4.64. The molecule has 1 aliphatic rings. The van der Waals surface area contributed by atoms with Crippen molar-refractivity contribution in [3.05, 3.63) is 65.6 Å². The van der Waals surface area contributed by atoms with Gasteiger partial charge >= 0.3 is 12.2 Å². The summed E-state index contributed by atoms with van der Waals surface area (Å²) in [5.41, 5.74) is 2.40. The third kappa shape index (κ3) is 5.67. The Kier molecular flexibility index (Phi) is 7.09. The molecule has 4 aromatic rings. The Bertz CT molecular complexity index is 1440. The van der Waals surface area contributed by atoms with Gasteiger partial charge < -0.3 is 20.9 Å². The van der Waals surface area contributed by atoms with Gasteiger partial charge in [0.05, 0.1) is 16.8 Å². The number of urea groups is 1. The number of thiazole rings is 1. The zero-order valence-corrected chi connectivity index (χ0v) is 21.0. The molecule has 4 heterocycles. The molecule has 196 valence electrons. The van der Waals surface area contributed by atoms with Gasteiger partial charge in [-0.25, -0.2) is 24.7 Å². The van der Waals surface area contributed by atoms with E-state index in [1.54, 1.807) is 41.6 Å². The summed E-state index contributed by atoms with van der Waals surface area (Å²) in [6.07, 6.45) is 1.22. The lowest BCUT2D eigenvalue weighted by Gasteiger charge is -2.18. The Hall–Kier alpha value is -4.26. The summed E-state index contributed by atoms with van der Waals surface area (Å²) in [5.74, 6) is 0.759. The summed E-state index contributed by atoms with van der Waals surface area (Å²) in [7, 11) is 0. The van der Waals surface area contributed by atoms with Gasteiger partial charge in [-0.2, -0.15) is 13.2 Å². The van der Waals surface area contributed by atoms with Gasteiger partial charge in [0.1, 0.15) is 10.7 Å². The van der Waals surface area contributed by atoms with E-state index in [9.17, 15) is 18.0 Å². The molecule has 5 rings (SSSR count). The van der Waals surface area contributed by atoms with Crippen molar-refractivity contribution in [2.75, 3.05) is 29.0 Å². The SMILES string of the molecule is Cc1cc(NC(=O)N2CCCC2)ccc1Nc1cc(Nc2ncsc2-c2ncccn2)c(C(F)(F)F)cn1. The van der Waals surface area contributed by atoms with Gasteiger partial charge in [-0.15, -0.1) is 11.3 Å². The van der Waals surface area contributed by atoms with E-state index >= 15 is 0 Å². The minimum absolute atomic E-state index is 0.148. The molecule has 1 aliphatic heterocycles. The molecular formula is C25H23F3N8OS. The third-order valence-corrected chi connectivity index (χ3v) is 6.75. The maximum Gasteiger partial charge on any atom is 0.419 e. The van der Waals surface area contributed by atoms with Crippen LogP contribution < -0.4 is 16.0 Å². The van der Waals surface area contributed by atoms with Gasteiger partial charge in [0.15, 0.2) is 11.6 Å². The lowest BCUT2D eigenvalue weighted by Crippen LogP contribution is -2.32. The first-order chi connectivity index (χ1) is 18.3. The zero-order chi connectivity index (χ0) is 26.7. The number of nitrogens with one attached hydrogen (secondary N) is 3. The van der Waals surface area contributed by atoms with Gasteiger partial charge in [-0.05, 0) is 49.6 Å². The number of likely N-dealkylation sites (tertiary alicyclic amines) is 1. The fraction of sp³-hybridized carbons (Fsp3) is 0.240. The van der Waals surface area contributed by atoms with Crippen LogP contribution in [0.3, 0.4) is 0 Å². The van der Waals surface area contributed by atoms with Gasteiger partial charge in [0.2, 0.25) is 0 Å². The van der Waals surface area contributed by atoms with Crippen LogP contribution in [-0.2, 0) is 6.18 Å². The van der Waals surface area contributed by atoms with Crippen molar-refractivity contribution in [3.8, 4) is 10.7 Å². The molecule has 0 radical (unpaired) electrons. The molecule has 1 saturated heterocycles. The van der Waals surface area contributed by atoms with Crippen molar-refractivity contribution < 1.29 is 18.0 Å². The first kappa shape index (κ1) is 25.4. The van der Waals surface area contributed by atoms with Gasteiger partial charge in [-0.3, -0.25) is 0 Å². The molecule has 1 aromatic carbocycles. The number of nitrogens with zero attached hydrogens (tertiary/aromatic N) is 5. The van der Waals surface area contributed by atoms with Crippen LogP contribution in [0, 0.1) is 6.92 Å². The topological polar surface area (TPSA) is 108 Å². The van der Waals surface area contributed by atoms with Crippen molar-refractivity contribution in [1.29, 1.82) is 0 Å². The maximum absolute atomic E-state index is 13.8. The minimum Gasteiger partial charge on any atom is -0.340 e. The number of benzene rings is 1. The number of alkyl halides is 3. The van der Waals surface area contributed by atoms with Crippen molar-refractivity contribution in [2.24, 2.45) is 0 Å². The number of carbonyl (C=O) groups excluding carboxylic acids is 1. The molecule has 3 aromatic heterocycles. The van der Waals surface area contributed by atoms with Crippen LogP contribution in [0.4, 0.5) is 46.7 Å². The molecular weight excluding hydrogens is 517 g/mol. The van der Waals surface area contributed by atoms with Crippen LogP contribution in [0.2, 0.25) is 0 Å². The van der Waals surface area contributed by atoms with E-state index in [0.29, 0.717) is 22.1 Å². The lowest BCUT2D eigenvalue weighted by atomic mass is 10.1. The van der Waals surface area contributed by atoms with Crippen LogP contribution in [0.5, 0.6) is 0 Å². The van der Waals surface area contributed by atoms with Crippen LogP contribution in [-0.4, -0.2) is 44.0 Å². The van der Waals surface area contributed by atoms with Crippen molar-refractivity contribution >= 4 is 46.1 Å². The highest BCUT2D eigenvalue weighted by molar-refractivity contribution is 7.13. The van der Waals surface area contributed by atoms with E-state index < -0.39 is 11.7 Å². The monoisotopic (exact) mass is 540 g/mol. The average molecular weight is 541 g/mol. The second kappa shape index (κ2) is 10.6. The molecule has 0 aliphatic carbocycles. The Morgan fingerprint density at radius 3 is 2.47 bits per heavy atom. The van der Waals surface area contributed by atoms with Gasteiger partial charge in [-0.1, -0.05) is 0 Å². The summed E-state index contributed by atoms with van der Waals surface area (Å²) in [6, 6.07) is 8.04. The lowest BCUT2D eigenvalue weighted by molar-refractivity contribution is -0.137. The van der Waals surface area contributed by atoms with Crippen LogP contribution in [0.15, 0.2) is 54.4 Å². The van der Waals surface area contributed by atoms with Crippen molar-refractivity contribution in [2.45, 2.75) is 25.9 Å². The maximum atomic E-state index is 13.8.